The summed E-state index contributed by atoms with van der Waals surface area (Å²) in [6.07, 6.45) is -0.507. The Kier molecular flexibility index (Phi) is 4.74. The summed E-state index contributed by atoms with van der Waals surface area (Å²) in [6, 6.07) is 24.6. The topological polar surface area (TPSA) is 38.3 Å². The summed E-state index contributed by atoms with van der Waals surface area (Å²) in [7, 11) is 0. The van der Waals surface area contributed by atoms with Crippen LogP contribution in [-0.4, -0.2) is 6.09 Å². The molecule has 23 heavy (non-hydrogen) atoms. The van der Waals surface area contributed by atoms with Crippen molar-refractivity contribution in [3.63, 3.8) is 0 Å². The van der Waals surface area contributed by atoms with Crippen LogP contribution in [0.4, 0.5) is 10.5 Å². The summed E-state index contributed by atoms with van der Waals surface area (Å²) in [6.45, 7) is 0. The maximum absolute atomic E-state index is 11.8. The zero-order valence-electron chi connectivity index (χ0n) is 12.2. The first kappa shape index (κ1) is 15.3. The van der Waals surface area contributed by atoms with E-state index in [1.807, 2.05) is 54.6 Å². The second-order valence-corrected chi connectivity index (χ2v) is 5.83. The largest absolute Gasteiger partial charge is 0.417 e. The van der Waals surface area contributed by atoms with Crippen LogP contribution in [0.5, 0.6) is 5.75 Å². The van der Waals surface area contributed by atoms with Crippen LogP contribution in [0.25, 0.3) is 11.1 Å². The van der Waals surface area contributed by atoms with Crippen molar-refractivity contribution < 1.29 is 9.53 Å². The summed E-state index contributed by atoms with van der Waals surface area (Å²) in [5, 5.41) is 2.68. The molecule has 0 aliphatic rings. The molecule has 0 saturated carbocycles. The summed E-state index contributed by atoms with van der Waals surface area (Å²) in [4.78, 5) is 11.8. The standard InChI is InChI=1S/C19H14BrNO2/c20-16-10-6-14(7-11-16)15-8-12-18(13-9-15)23-19(22)21-17-4-2-1-3-5-17/h1-13H,(H,21,22). The minimum Gasteiger partial charge on any atom is -0.410 e. The van der Waals surface area contributed by atoms with Gasteiger partial charge in [0.15, 0.2) is 0 Å². The molecule has 0 bridgehead atoms. The van der Waals surface area contributed by atoms with Gasteiger partial charge in [0.05, 0.1) is 0 Å². The van der Waals surface area contributed by atoms with Crippen molar-refractivity contribution in [1.82, 2.24) is 0 Å². The molecule has 0 atom stereocenters. The molecule has 0 heterocycles. The lowest BCUT2D eigenvalue weighted by Gasteiger charge is -2.07. The fourth-order valence-corrected chi connectivity index (χ4v) is 2.39. The highest BCUT2D eigenvalue weighted by Gasteiger charge is 2.05. The van der Waals surface area contributed by atoms with Crippen LogP contribution in [0.2, 0.25) is 0 Å². The first-order valence-electron chi connectivity index (χ1n) is 7.10. The van der Waals surface area contributed by atoms with Crippen LogP contribution in [-0.2, 0) is 0 Å². The zero-order valence-corrected chi connectivity index (χ0v) is 13.8. The quantitative estimate of drug-likeness (QED) is 0.641. The molecule has 3 aromatic carbocycles. The van der Waals surface area contributed by atoms with Crippen LogP contribution in [0.1, 0.15) is 0 Å². The van der Waals surface area contributed by atoms with Gasteiger partial charge >= 0.3 is 6.09 Å². The molecule has 1 N–H and O–H groups in total. The van der Waals surface area contributed by atoms with E-state index >= 15 is 0 Å². The second kappa shape index (κ2) is 7.11. The Morgan fingerprint density at radius 2 is 1.35 bits per heavy atom. The third kappa shape index (κ3) is 4.20. The van der Waals surface area contributed by atoms with Gasteiger partial charge in [-0.05, 0) is 47.5 Å². The molecular weight excluding hydrogens is 354 g/mol. The third-order valence-electron chi connectivity index (χ3n) is 3.26. The Bertz CT molecular complexity index is 784. The molecule has 1 amide bonds. The van der Waals surface area contributed by atoms with Crippen LogP contribution in [0.15, 0.2) is 83.3 Å². The normalized spacial score (nSPS) is 10.1. The van der Waals surface area contributed by atoms with Gasteiger partial charge in [0.2, 0.25) is 0 Å². The third-order valence-corrected chi connectivity index (χ3v) is 3.79. The minimum absolute atomic E-state index is 0.499. The average Bonchev–Trinajstić information content (AvgIpc) is 2.57. The highest BCUT2D eigenvalue weighted by Crippen LogP contribution is 2.24. The number of anilines is 1. The number of rotatable bonds is 3. The molecule has 0 aliphatic carbocycles. The highest BCUT2D eigenvalue weighted by atomic mass is 79.9. The number of hydrogen-bond donors (Lipinski definition) is 1. The van der Waals surface area contributed by atoms with E-state index in [0.29, 0.717) is 11.4 Å². The van der Waals surface area contributed by atoms with Crippen LogP contribution >= 0.6 is 15.9 Å². The molecule has 0 spiro atoms. The van der Waals surface area contributed by atoms with Gasteiger partial charge in [-0.25, -0.2) is 4.79 Å². The Balaban J connectivity index is 1.65. The van der Waals surface area contributed by atoms with Crippen LogP contribution < -0.4 is 10.1 Å². The van der Waals surface area contributed by atoms with Crippen molar-refractivity contribution in [3.05, 3.63) is 83.3 Å². The number of amides is 1. The van der Waals surface area contributed by atoms with Gasteiger partial charge in [-0.2, -0.15) is 0 Å². The Morgan fingerprint density at radius 1 is 0.783 bits per heavy atom. The molecule has 0 fully saturated rings. The Hall–Kier alpha value is -2.59. The van der Waals surface area contributed by atoms with Crippen LogP contribution in [0, 0.1) is 0 Å². The molecule has 0 saturated heterocycles. The van der Waals surface area contributed by atoms with E-state index in [4.69, 9.17) is 4.74 Å². The average molecular weight is 368 g/mol. The summed E-state index contributed by atoms with van der Waals surface area (Å²) in [5.41, 5.74) is 2.87. The Morgan fingerprint density at radius 3 is 1.96 bits per heavy atom. The SMILES string of the molecule is O=C(Nc1ccccc1)Oc1ccc(-c2ccc(Br)cc2)cc1. The monoisotopic (exact) mass is 367 g/mol. The van der Waals surface area contributed by atoms with E-state index < -0.39 is 6.09 Å². The fraction of sp³-hybridized carbons (Fsp3) is 0. The first-order chi connectivity index (χ1) is 11.2. The van der Waals surface area contributed by atoms with Gasteiger partial charge in [0, 0.05) is 10.2 Å². The predicted octanol–water partition coefficient (Wildman–Crippen LogP) is 5.73. The van der Waals surface area contributed by atoms with Gasteiger partial charge in [-0.1, -0.05) is 58.4 Å². The number of halogens is 1. The van der Waals surface area contributed by atoms with Gasteiger partial charge in [-0.15, -0.1) is 0 Å². The molecule has 3 nitrogen and oxygen atoms in total. The molecule has 114 valence electrons. The highest BCUT2D eigenvalue weighted by molar-refractivity contribution is 9.10. The van der Waals surface area contributed by atoms with E-state index in [1.54, 1.807) is 24.3 Å². The molecule has 0 aromatic heterocycles. The van der Waals surface area contributed by atoms with Crippen molar-refractivity contribution in [2.24, 2.45) is 0 Å². The smallest absolute Gasteiger partial charge is 0.410 e. The summed E-state index contributed by atoms with van der Waals surface area (Å²) in [5.74, 6) is 0.499. The lowest BCUT2D eigenvalue weighted by molar-refractivity contribution is 0.215. The van der Waals surface area contributed by atoms with Crippen molar-refractivity contribution in [1.29, 1.82) is 0 Å². The lowest BCUT2D eigenvalue weighted by atomic mass is 10.1. The van der Waals surface area contributed by atoms with Crippen molar-refractivity contribution in [2.75, 3.05) is 5.32 Å². The van der Waals surface area contributed by atoms with Gasteiger partial charge in [-0.3, -0.25) is 5.32 Å². The molecule has 3 rings (SSSR count). The number of benzene rings is 3. The maximum Gasteiger partial charge on any atom is 0.417 e. The van der Waals surface area contributed by atoms with Crippen LogP contribution in [0.3, 0.4) is 0 Å². The summed E-state index contributed by atoms with van der Waals surface area (Å²) < 4.78 is 6.31. The number of carbonyl (C=O) groups is 1. The summed E-state index contributed by atoms with van der Waals surface area (Å²) >= 11 is 3.42. The van der Waals surface area contributed by atoms with E-state index in [1.165, 1.54) is 0 Å². The van der Waals surface area contributed by atoms with E-state index in [2.05, 4.69) is 21.2 Å². The number of hydrogen-bond acceptors (Lipinski definition) is 2. The molecular formula is C19H14BrNO2. The van der Waals surface area contributed by atoms with E-state index in [9.17, 15) is 4.79 Å². The van der Waals surface area contributed by atoms with Crippen molar-refractivity contribution >= 4 is 27.7 Å². The van der Waals surface area contributed by atoms with Crippen molar-refractivity contribution in [2.45, 2.75) is 0 Å². The molecule has 4 heteroatoms. The van der Waals surface area contributed by atoms with Gasteiger partial charge in [0.1, 0.15) is 5.75 Å². The first-order valence-corrected chi connectivity index (χ1v) is 7.90. The number of carbonyl (C=O) groups excluding carboxylic acids is 1. The Labute approximate surface area is 143 Å². The minimum atomic E-state index is -0.507. The van der Waals surface area contributed by atoms with Gasteiger partial charge in [0.25, 0.3) is 0 Å². The number of nitrogens with one attached hydrogen (secondary N) is 1. The maximum atomic E-state index is 11.8. The van der Waals surface area contributed by atoms with E-state index in [-0.39, 0.29) is 0 Å². The number of ether oxygens (including phenoxy) is 1. The lowest BCUT2D eigenvalue weighted by Crippen LogP contribution is -2.16. The molecule has 0 unspecified atom stereocenters. The van der Waals surface area contributed by atoms with Gasteiger partial charge < -0.3 is 4.74 Å². The second-order valence-electron chi connectivity index (χ2n) is 4.91. The fourth-order valence-electron chi connectivity index (χ4n) is 2.13. The molecule has 3 aromatic rings. The molecule has 0 aliphatic heterocycles. The molecule has 0 radical (unpaired) electrons. The van der Waals surface area contributed by atoms with E-state index in [0.717, 1.165) is 15.6 Å². The zero-order chi connectivity index (χ0) is 16.1. The number of para-hydroxylation sites is 1. The predicted molar refractivity (Wildman–Crippen MR) is 95.7 cm³/mol. The van der Waals surface area contributed by atoms with Crippen molar-refractivity contribution in [3.8, 4) is 16.9 Å².